The van der Waals surface area contributed by atoms with E-state index in [1.165, 1.54) is 4.88 Å². The first-order chi connectivity index (χ1) is 10.6. The highest BCUT2D eigenvalue weighted by Crippen LogP contribution is 2.26. The second kappa shape index (κ2) is 6.31. The summed E-state index contributed by atoms with van der Waals surface area (Å²) in [7, 11) is 0. The van der Waals surface area contributed by atoms with Crippen molar-refractivity contribution in [3.63, 3.8) is 0 Å². The molecule has 2 aromatic rings. The number of carbonyl (C=O) groups excluding carboxylic acids is 2. The average Bonchev–Trinajstić information content (AvgIpc) is 3.09. The zero-order valence-electron chi connectivity index (χ0n) is 12.3. The summed E-state index contributed by atoms with van der Waals surface area (Å²) in [6.07, 6.45) is 2.53. The number of hydrogen-bond acceptors (Lipinski definition) is 4. The van der Waals surface area contributed by atoms with Crippen molar-refractivity contribution in [3.8, 4) is 10.6 Å². The Bertz CT molecular complexity index is 691. The van der Waals surface area contributed by atoms with E-state index in [-0.39, 0.29) is 11.8 Å². The van der Waals surface area contributed by atoms with Crippen LogP contribution in [0.1, 0.15) is 34.6 Å². The quantitative estimate of drug-likeness (QED) is 0.807. The molecule has 0 aliphatic carbocycles. The third-order valence-corrected chi connectivity index (χ3v) is 4.69. The smallest absolute Gasteiger partial charge is 0.272 e. The van der Waals surface area contributed by atoms with Gasteiger partial charge in [-0.05, 0) is 44.4 Å². The lowest BCUT2D eigenvalue weighted by Gasteiger charge is -2.13. The number of nitrogens with zero attached hydrogens (tertiary/aromatic N) is 1. The van der Waals surface area contributed by atoms with E-state index in [0.29, 0.717) is 18.7 Å². The molecule has 0 radical (unpaired) electrons. The van der Waals surface area contributed by atoms with Crippen LogP contribution in [-0.2, 0) is 4.79 Å². The Morgan fingerprint density at radius 3 is 3.05 bits per heavy atom. The van der Waals surface area contributed by atoms with Gasteiger partial charge >= 0.3 is 0 Å². The lowest BCUT2D eigenvalue weighted by atomic mass is 10.1. The SMILES string of the molecule is Cc1ccc(-c2cc(C(=O)NC3CCCCNC3=O)n[nH]2)s1. The van der Waals surface area contributed by atoms with E-state index in [0.717, 1.165) is 23.4 Å². The van der Waals surface area contributed by atoms with E-state index in [1.54, 1.807) is 17.4 Å². The molecular formula is C15H18N4O2S. The predicted molar refractivity (Wildman–Crippen MR) is 84.8 cm³/mol. The van der Waals surface area contributed by atoms with Crippen molar-refractivity contribution in [2.24, 2.45) is 0 Å². The molecule has 2 amide bonds. The molecule has 22 heavy (non-hydrogen) atoms. The Morgan fingerprint density at radius 2 is 2.27 bits per heavy atom. The van der Waals surface area contributed by atoms with Crippen LogP contribution in [0.3, 0.4) is 0 Å². The molecule has 0 bridgehead atoms. The fourth-order valence-electron chi connectivity index (χ4n) is 2.45. The lowest BCUT2D eigenvalue weighted by Crippen LogP contribution is -2.45. The minimum atomic E-state index is -0.473. The molecule has 0 spiro atoms. The first kappa shape index (κ1) is 14.8. The summed E-state index contributed by atoms with van der Waals surface area (Å²) in [5, 5.41) is 12.5. The summed E-state index contributed by atoms with van der Waals surface area (Å²) in [5.74, 6) is -0.437. The third-order valence-electron chi connectivity index (χ3n) is 3.66. The van der Waals surface area contributed by atoms with Crippen LogP contribution in [0.4, 0.5) is 0 Å². The molecule has 6 nitrogen and oxygen atoms in total. The van der Waals surface area contributed by atoms with Gasteiger partial charge in [0, 0.05) is 11.4 Å². The Morgan fingerprint density at radius 1 is 1.41 bits per heavy atom. The minimum absolute atomic E-state index is 0.115. The first-order valence-corrected chi connectivity index (χ1v) is 8.16. The van der Waals surface area contributed by atoms with Crippen LogP contribution < -0.4 is 10.6 Å². The van der Waals surface area contributed by atoms with E-state index in [4.69, 9.17) is 0 Å². The summed E-state index contributed by atoms with van der Waals surface area (Å²) < 4.78 is 0. The van der Waals surface area contributed by atoms with Crippen LogP contribution in [0.15, 0.2) is 18.2 Å². The van der Waals surface area contributed by atoms with E-state index in [1.807, 2.05) is 19.1 Å². The zero-order valence-corrected chi connectivity index (χ0v) is 13.1. The second-order valence-corrected chi connectivity index (χ2v) is 6.68. The fraction of sp³-hybridized carbons (Fsp3) is 0.400. The maximum atomic E-state index is 12.3. The molecule has 1 aliphatic heterocycles. The number of aryl methyl sites for hydroxylation is 1. The van der Waals surface area contributed by atoms with Crippen molar-refractivity contribution in [2.75, 3.05) is 6.54 Å². The summed E-state index contributed by atoms with van der Waals surface area (Å²) in [6.45, 7) is 2.71. The molecule has 1 atom stereocenters. The molecule has 0 aromatic carbocycles. The van der Waals surface area contributed by atoms with E-state index in [9.17, 15) is 9.59 Å². The van der Waals surface area contributed by atoms with Crippen molar-refractivity contribution >= 4 is 23.2 Å². The van der Waals surface area contributed by atoms with Crippen LogP contribution in [0.25, 0.3) is 10.6 Å². The highest BCUT2D eigenvalue weighted by atomic mass is 32.1. The largest absolute Gasteiger partial charge is 0.354 e. The molecule has 3 N–H and O–H groups in total. The average molecular weight is 318 g/mol. The van der Waals surface area contributed by atoms with Crippen LogP contribution in [0, 0.1) is 6.92 Å². The number of hydrogen-bond donors (Lipinski definition) is 3. The summed E-state index contributed by atoms with van der Waals surface area (Å²) >= 11 is 1.64. The summed E-state index contributed by atoms with van der Waals surface area (Å²) in [4.78, 5) is 26.3. The number of thiophene rings is 1. The number of H-pyrrole nitrogens is 1. The van der Waals surface area contributed by atoms with Gasteiger partial charge in [0.25, 0.3) is 5.91 Å². The summed E-state index contributed by atoms with van der Waals surface area (Å²) in [5.41, 5.74) is 1.12. The van der Waals surface area contributed by atoms with E-state index >= 15 is 0 Å². The number of amides is 2. The Labute approximate surface area is 132 Å². The first-order valence-electron chi connectivity index (χ1n) is 7.34. The highest BCUT2D eigenvalue weighted by molar-refractivity contribution is 7.15. The van der Waals surface area contributed by atoms with Crippen molar-refractivity contribution < 1.29 is 9.59 Å². The number of aromatic nitrogens is 2. The number of carbonyl (C=O) groups is 2. The number of rotatable bonds is 3. The molecule has 0 saturated carbocycles. The monoisotopic (exact) mass is 318 g/mol. The molecule has 116 valence electrons. The lowest BCUT2D eigenvalue weighted by molar-refractivity contribution is -0.122. The van der Waals surface area contributed by atoms with Gasteiger partial charge in [-0.2, -0.15) is 5.10 Å². The summed E-state index contributed by atoms with van der Waals surface area (Å²) in [6, 6.07) is 5.26. The molecule has 1 aliphatic rings. The third kappa shape index (κ3) is 3.19. The maximum Gasteiger partial charge on any atom is 0.272 e. The van der Waals surface area contributed by atoms with Gasteiger partial charge in [0.2, 0.25) is 5.91 Å². The fourth-order valence-corrected chi connectivity index (χ4v) is 3.29. The van der Waals surface area contributed by atoms with Gasteiger partial charge in [-0.1, -0.05) is 0 Å². The van der Waals surface area contributed by atoms with Crippen LogP contribution in [0.2, 0.25) is 0 Å². The van der Waals surface area contributed by atoms with Gasteiger partial charge in [-0.15, -0.1) is 11.3 Å². The van der Waals surface area contributed by atoms with Crippen molar-refractivity contribution in [1.82, 2.24) is 20.8 Å². The van der Waals surface area contributed by atoms with Gasteiger partial charge in [0.05, 0.1) is 10.6 Å². The Hall–Kier alpha value is -2.15. The Kier molecular flexibility index (Phi) is 4.24. The second-order valence-electron chi connectivity index (χ2n) is 5.39. The molecule has 7 heteroatoms. The van der Waals surface area contributed by atoms with Crippen LogP contribution >= 0.6 is 11.3 Å². The maximum absolute atomic E-state index is 12.3. The van der Waals surface area contributed by atoms with Crippen LogP contribution in [-0.4, -0.2) is 34.6 Å². The van der Waals surface area contributed by atoms with Crippen molar-refractivity contribution in [3.05, 3.63) is 28.8 Å². The van der Waals surface area contributed by atoms with Gasteiger partial charge in [0.15, 0.2) is 5.69 Å². The molecule has 3 heterocycles. The van der Waals surface area contributed by atoms with Gasteiger partial charge < -0.3 is 10.6 Å². The van der Waals surface area contributed by atoms with Crippen LogP contribution in [0.5, 0.6) is 0 Å². The van der Waals surface area contributed by atoms with Gasteiger partial charge in [0.1, 0.15) is 6.04 Å². The van der Waals surface area contributed by atoms with Gasteiger partial charge in [-0.25, -0.2) is 0 Å². The molecule has 1 unspecified atom stereocenters. The molecular weight excluding hydrogens is 300 g/mol. The molecule has 1 saturated heterocycles. The number of nitrogens with one attached hydrogen (secondary N) is 3. The molecule has 1 fully saturated rings. The van der Waals surface area contributed by atoms with Gasteiger partial charge in [-0.3, -0.25) is 14.7 Å². The normalized spacial score (nSPS) is 18.6. The van der Waals surface area contributed by atoms with Crippen molar-refractivity contribution in [1.29, 1.82) is 0 Å². The van der Waals surface area contributed by atoms with E-state index in [2.05, 4.69) is 20.8 Å². The highest BCUT2D eigenvalue weighted by Gasteiger charge is 2.24. The topological polar surface area (TPSA) is 86.9 Å². The zero-order chi connectivity index (χ0) is 15.5. The van der Waals surface area contributed by atoms with E-state index < -0.39 is 6.04 Å². The minimum Gasteiger partial charge on any atom is -0.354 e. The standard InChI is InChI=1S/C15H18N4O2S/c1-9-5-6-13(22-9)11-8-12(19-18-11)15(21)17-10-4-2-3-7-16-14(10)20/h5-6,8,10H,2-4,7H2,1H3,(H,16,20)(H,17,21)(H,18,19). The number of aromatic amines is 1. The predicted octanol–water partition coefficient (Wildman–Crippen LogP) is 1.85. The molecule has 2 aromatic heterocycles. The Balaban J connectivity index is 1.70. The van der Waals surface area contributed by atoms with Crippen molar-refractivity contribution in [2.45, 2.75) is 32.2 Å². The molecule has 3 rings (SSSR count).